The zero-order valence-electron chi connectivity index (χ0n) is 10.3. The van der Waals surface area contributed by atoms with Gasteiger partial charge in [-0.05, 0) is 0 Å². The maximum atomic E-state index is 12.2. The third-order valence-corrected chi connectivity index (χ3v) is 2.68. The Labute approximate surface area is 108 Å². The zero-order chi connectivity index (χ0) is 14.6. The molecule has 0 spiro atoms. The van der Waals surface area contributed by atoms with E-state index in [1.807, 2.05) is 0 Å². The number of urea groups is 1. The van der Waals surface area contributed by atoms with Crippen LogP contribution in [0.5, 0.6) is 0 Å². The average Bonchev–Trinajstić information content (AvgIpc) is 2.29. The molecular weight excluding hydrogens is 264 g/mol. The average molecular weight is 279 g/mol. The second-order valence-corrected chi connectivity index (χ2v) is 4.15. The van der Waals surface area contributed by atoms with Crippen LogP contribution in [0.2, 0.25) is 0 Å². The highest BCUT2D eigenvalue weighted by atomic mass is 19.3. The van der Waals surface area contributed by atoms with Crippen molar-refractivity contribution in [1.82, 2.24) is 15.1 Å². The maximum Gasteiger partial charge on any atom is 0.320 e. The van der Waals surface area contributed by atoms with Gasteiger partial charge in [0.25, 0.3) is 6.43 Å². The highest BCUT2D eigenvalue weighted by Gasteiger charge is 2.36. The second kappa shape index (κ2) is 6.30. The number of hydrogen-bond acceptors (Lipinski definition) is 3. The van der Waals surface area contributed by atoms with E-state index in [-0.39, 0.29) is 13.1 Å². The molecule has 1 aliphatic heterocycles. The van der Waals surface area contributed by atoms with E-state index >= 15 is 0 Å². The largest absolute Gasteiger partial charge is 0.481 e. The van der Waals surface area contributed by atoms with E-state index in [1.165, 1.54) is 7.05 Å². The van der Waals surface area contributed by atoms with Gasteiger partial charge in [-0.3, -0.25) is 9.59 Å². The van der Waals surface area contributed by atoms with Crippen molar-refractivity contribution in [1.29, 1.82) is 0 Å². The number of hydrogen-bond donors (Lipinski definition) is 2. The predicted octanol–water partition coefficient (Wildman–Crippen LogP) is -0.422. The molecule has 1 atom stereocenters. The van der Waals surface area contributed by atoms with Gasteiger partial charge in [0.05, 0.1) is 13.0 Å². The summed E-state index contributed by atoms with van der Waals surface area (Å²) in [6, 6.07) is -1.94. The van der Waals surface area contributed by atoms with Gasteiger partial charge in [0, 0.05) is 20.1 Å². The first-order valence-electron chi connectivity index (χ1n) is 5.62. The van der Waals surface area contributed by atoms with Crippen LogP contribution in [-0.4, -0.2) is 72.0 Å². The molecule has 1 unspecified atom stereocenters. The van der Waals surface area contributed by atoms with E-state index in [0.717, 1.165) is 9.80 Å². The van der Waals surface area contributed by atoms with E-state index in [4.69, 9.17) is 5.11 Å². The van der Waals surface area contributed by atoms with Gasteiger partial charge in [0.1, 0.15) is 6.04 Å². The van der Waals surface area contributed by atoms with Crippen molar-refractivity contribution in [2.45, 2.75) is 18.9 Å². The number of carbonyl (C=O) groups excluding carboxylic acids is 2. The fourth-order valence-electron chi connectivity index (χ4n) is 1.82. The summed E-state index contributed by atoms with van der Waals surface area (Å²) in [7, 11) is 1.18. The van der Waals surface area contributed by atoms with E-state index in [9.17, 15) is 23.2 Å². The van der Waals surface area contributed by atoms with Gasteiger partial charge in [0.2, 0.25) is 5.91 Å². The lowest BCUT2D eigenvalue weighted by Gasteiger charge is -2.36. The first-order chi connectivity index (χ1) is 8.82. The fourth-order valence-corrected chi connectivity index (χ4v) is 1.82. The number of alkyl halides is 2. The number of nitrogens with zero attached hydrogens (tertiary/aromatic N) is 2. The number of aliphatic carboxylic acids is 1. The van der Waals surface area contributed by atoms with Gasteiger partial charge in [-0.25, -0.2) is 13.6 Å². The molecule has 1 rings (SSSR count). The minimum Gasteiger partial charge on any atom is -0.481 e. The number of carboxylic acids is 1. The number of carbonyl (C=O) groups is 3. The Morgan fingerprint density at radius 1 is 1.58 bits per heavy atom. The molecule has 7 nitrogen and oxygen atoms in total. The zero-order valence-corrected chi connectivity index (χ0v) is 10.3. The SMILES string of the molecule is CN(CC(F)F)C(=O)N1CCNC(=O)C1CC(=O)O. The predicted molar refractivity (Wildman–Crippen MR) is 59.8 cm³/mol. The summed E-state index contributed by atoms with van der Waals surface area (Å²) in [6.07, 6.45) is -3.24. The van der Waals surface area contributed by atoms with Crippen LogP contribution in [0.1, 0.15) is 6.42 Å². The summed E-state index contributed by atoms with van der Waals surface area (Å²) < 4.78 is 24.4. The molecule has 3 amide bonds. The van der Waals surface area contributed by atoms with Gasteiger partial charge < -0.3 is 20.2 Å². The molecular formula is C10H15F2N3O4. The molecule has 19 heavy (non-hydrogen) atoms. The van der Waals surface area contributed by atoms with Crippen LogP contribution in [-0.2, 0) is 9.59 Å². The molecule has 1 fully saturated rings. The topological polar surface area (TPSA) is 90.0 Å². The molecule has 108 valence electrons. The summed E-state index contributed by atoms with van der Waals surface area (Å²) in [6.45, 7) is -0.504. The minimum atomic E-state index is -2.69. The first kappa shape index (κ1) is 15.1. The third-order valence-electron chi connectivity index (χ3n) is 2.68. The van der Waals surface area contributed by atoms with Gasteiger partial charge in [-0.15, -0.1) is 0 Å². The summed E-state index contributed by atoms with van der Waals surface area (Å²) in [4.78, 5) is 35.9. The van der Waals surface area contributed by atoms with Crippen LogP contribution >= 0.6 is 0 Å². The number of piperazine rings is 1. The van der Waals surface area contributed by atoms with Crippen LogP contribution in [0, 0.1) is 0 Å². The van der Waals surface area contributed by atoms with Gasteiger partial charge in [-0.1, -0.05) is 0 Å². The quantitative estimate of drug-likeness (QED) is 0.731. The van der Waals surface area contributed by atoms with Crippen molar-refractivity contribution in [3.05, 3.63) is 0 Å². The fraction of sp³-hybridized carbons (Fsp3) is 0.700. The lowest BCUT2D eigenvalue weighted by molar-refractivity contribution is -0.142. The smallest absolute Gasteiger partial charge is 0.320 e. The molecule has 1 aliphatic rings. The Bertz CT molecular complexity index is 378. The van der Waals surface area contributed by atoms with Crippen molar-refractivity contribution in [3.63, 3.8) is 0 Å². The molecule has 0 aromatic rings. The van der Waals surface area contributed by atoms with E-state index < -0.39 is 43.3 Å². The highest BCUT2D eigenvalue weighted by molar-refractivity contribution is 5.91. The number of carboxylic acid groups (broad SMARTS) is 1. The molecule has 0 aromatic heterocycles. The lowest BCUT2D eigenvalue weighted by Crippen LogP contribution is -2.60. The summed E-state index contributed by atoms with van der Waals surface area (Å²) >= 11 is 0. The van der Waals surface area contributed by atoms with E-state index in [1.54, 1.807) is 0 Å². The molecule has 0 aromatic carbocycles. The van der Waals surface area contributed by atoms with Crippen LogP contribution in [0.4, 0.5) is 13.6 Å². The summed E-state index contributed by atoms with van der Waals surface area (Å²) in [5.74, 6) is -1.83. The van der Waals surface area contributed by atoms with Gasteiger partial charge >= 0.3 is 12.0 Å². The normalized spacial score (nSPS) is 19.3. The van der Waals surface area contributed by atoms with E-state index in [0.29, 0.717) is 0 Å². The Morgan fingerprint density at radius 2 is 2.21 bits per heavy atom. The molecule has 0 bridgehead atoms. The molecule has 9 heteroatoms. The third kappa shape index (κ3) is 4.04. The van der Waals surface area contributed by atoms with Crippen molar-refractivity contribution in [2.24, 2.45) is 0 Å². The second-order valence-electron chi connectivity index (χ2n) is 4.15. The molecule has 1 saturated heterocycles. The Balaban J connectivity index is 2.78. The van der Waals surface area contributed by atoms with Crippen LogP contribution in [0.25, 0.3) is 0 Å². The molecule has 1 heterocycles. The first-order valence-corrected chi connectivity index (χ1v) is 5.62. The van der Waals surface area contributed by atoms with Crippen LogP contribution in [0.15, 0.2) is 0 Å². The maximum absolute atomic E-state index is 12.2. The van der Waals surface area contributed by atoms with E-state index in [2.05, 4.69) is 5.32 Å². The Hall–Kier alpha value is -1.93. The summed E-state index contributed by atoms with van der Waals surface area (Å²) in [5.41, 5.74) is 0. The summed E-state index contributed by atoms with van der Waals surface area (Å²) in [5, 5.41) is 11.2. The van der Waals surface area contributed by atoms with Crippen molar-refractivity contribution < 1.29 is 28.3 Å². The molecule has 0 saturated carbocycles. The lowest BCUT2D eigenvalue weighted by atomic mass is 10.1. The Morgan fingerprint density at radius 3 is 2.74 bits per heavy atom. The number of amides is 3. The van der Waals surface area contributed by atoms with Crippen molar-refractivity contribution in [2.75, 3.05) is 26.7 Å². The highest BCUT2D eigenvalue weighted by Crippen LogP contribution is 2.12. The Kier molecular flexibility index (Phi) is 5.02. The molecule has 2 N–H and O–H groups in total. The van der Waals surface area contributed by atoms with Gasteiger partial charge in [-0.2, -0.15) is 0 Å². The number of rotatable bonds is 4. The van der Waals surface area contributed by atoms with Crippen LogP contribution in [0.3, 0.4) is 0 Å². The number of halogens is 2. The molecule has 0 radical (unpaired) electrons. The number of nitrogens with one attached hydrogen (secondary N) is 1. The molecule has 0 aliphatic carbocycles. The van der Waals surface area contributed by atoms with Crippen molar-refractivity contribution >= 4 is 17.9 Å². The standard InChI is InChI=1S/C10H15F2N3O4/c1-14(5-7(11)12)10(19)15-3-2-13-9(18)6(15)4-8(16)17/h6-7H,2-5H2,1H3,(H,13,18)(H,16,17). The monoisotopic (exact) mass is 279 g/mol. The van der Waals surface area contributed by atoms with Crippen molar-refractivity contribution in [3.8, 4) is 0 Å². The van der Waals surface area contributed by atoms with Gasteiger partial charge in [0.15, 0.2) is 0 Å². The van der Waals surface area contributed by atoms with Crippen LogP contribution < -0.4 is 5.32 Å². The minimum absolute atomic E-state index is 0.0934.